The minimum atomic E-state index is -0.596. The van der Waals surface area contributed by atoms with Crippen molar-refractivity contribution in [2.24, 2.45) is 0 Å². The van der Waals surface area contributed by atoms with E-state index in [0.29, 0.717) is 0 Å². The van der Waals surface area contributed by atoms with Crippen LogP contribution in [0.25, 0.3) is 0 Å². The van der Waals surface area contributed by atoms with Crippen LogP contribution >= 0.6 is 0 Å². The first kappa shape index (κ1) is 8.22. The van der Waals surface area contributed by atoms with Crippen molar-refractivity contribution in [2.45, 2.75) is 32.5 Å². The summed E-state index contributed by atoms with van der Waals surface area (Å²) in [6, 6.07) is 0. The third kappa shape index (κ3) is 3.77. The van der Waals surface area contributed by atoms with Gasteiger partial charge < -0.3 is 0 Å². The molecule has 0 bridgehead atoms. The maximum absolute atomic E-state index is 2.46. The molecule has 0 radical (unpaired) electrons. The van der Waals surface area contributed by atoms with Crippen molar-refractivity contribution in [2.75, 3.05) is 0 Å². The second-order valence-electron chi connectivity index (χ2n) is 3.52. The number of hydrogen-bond acceptors (Lipinski definition) is 0. The van der Waals surface area contributed by atoms with Crippen LogP contribution in [0.5, 0.6) is 0 Å². The summed E-state index contributed by atoms with van der Waals surface area (Å²) in [5.41, 5.74) is 0.999. The fourth-order valence-corrected chi connectivity index (χ4v) is 0. The molecular formula is C5H13NaSi. The molecule has 0 fully saturated rings. The molecule has 0 aliphatic carbocycles. The van der Waals surface area contributed by atoms with Crippen LogP contribution in [-0.2, 0) is 0 Å². The van der Waals surface area contributed by atoms with E-state index in [1.807, 2.05) is 0 Å². The molecular weight excluding hydrogens is 111 g/mol. The van der Waals surface area contributed by atoms with Gasteiger partial charge in [-0.15, -0.1) is 0 Å². The zero-order valence-corrected chi connectivity index (χ0v) is 9.08. The fraction of sp³-hybridized carbons (Fsp3) is 1.00. The summed E-state index contributed by atoms with van der Waals surface area (Å²) >= 11 is 1.45. The molecule has 0 aromatic heterocycles. The second kappa shape index (κ2) is 2.67. The molecule has 0 aliphatic rings. The van der Waals surface area contributed by atoms with Crippen LogP contribution in [0, 0.1) is 0 Å². The van der Waals surface area contributed by atoms with Gasteiger partial charge in [-0.3, -0.25) is 0 Å². The molecule has 0 spiro atoms. The monoisotopic (exact) mass is 124 g/mol. The summed E-state index contributed by atoms with van der Waals surface area (Å²) in [6.07, 6.45) is 0. The van der Waals surface area contributed by atoms with Crippen LogP contribution in [0.1, 0.15) is 13.8 Å². The minimum absolute atomic E-state index is 0.596. The molecule has 38 valence electrons. The molecule has 0 aromatic carbocycles. The fourth-order valence-electron chi connectivity index (χ4n) is 0. The molecule has 0 aromatic rings. The Labute approximate surface area is 63.9 Å². The van der Waals surface area contributed by atoms with Crippen LogP contribution in [-0.4, -0.2) is 31.7 Å². The predicted octanol–water partition coefficient (Wildman–Crippen LogP) is 1.77. The Kier molecular flexibility index (Phi) is 3.14. The van der Waals surface area contributed by atoms with E-state index >= 15 is 0 Å². The van der Waals surface area contributed by atoms with Crippen molar-refractivity contribution in [3.05, 3.63) is 0 Å². The first-order chi connectivity index (χ1) is 2.94. The number of rotatable bonds is 1. The third-order valence-electron chi connectivity index (χ3n) is 1.73. The van der Waals surface area contributed by atoms with Gasteiger partial charge >= 0.3 is 64.1 Å². The van der Waals surface area contributed by atoms with Crippen molar-refractivity contribution in [1.29, 1.82) is 0 Å². The summed E-state index contributed by atoms with van der Waals surface area (Å²) in [6.45, 7) is 9.62. The Bertz CT molecular complexity index is 53.6. The van der Waals surface area contributed by atoms with Crippen molar-refractivity contribution in [3.8, 4) is 0 Å². The molecule has 0 nitrogen and oxygen atoms in total. The van der Waals surface area contributed by atoms with Gasteiger partial charge in [0.1, 0.15) is 0 Å². The van der Waals surface area contributed by atoms with Gasteiger partial charge in [0, 0.05) is 0 Å². The predicted molar refractivity (Wildman–Crippen MR) is 38.3 cm³/mol. The Morgan fingerprint density at radius 2 is 1.43 bits per heavy atom. The molecule has 0 amide bonds. The van der Waals surface area contributed by atoms with E-state index < -0.39 is 4.63 Å². The van der Waals surface area contributed by atoms with E-state index in [2.05, 4.69) is 26.9 Å². The topological polar surface area (TPSA) is 0 Å². The van der Waals surface area contributed by atoms with Gasteiger partial charge in [0.15, 0.2) is 0 Å². The van der Waals surface area contributed by atoms with Gasteiger partial charge in [0.25, 0.3) is 0 Å². The van der Waals surface area contributed by atoms with Crippen LogP contribution in [0.2, 0.25) is 18.6 Å². The molecule has 0 rings (SSSR count). The maximum atomic E-state index is 2.46. The van der Waals surface area contributed by atoms with Gasteiger partial charge in [-0.1, -0.05) is 0 Å². The van der Waals surface area contributed by atoms with Crippen LogP contribution in [0.15, 0.2) is 0 Å². The molecule has 0 saturated heterocycles. The van der Waals surface area contributed by atoms with E-state index in [1.165, 1.54) is 27.0 Å². The van der Waals surface area contributed by atoms with Crippen molar-refractivity contribution < 1.29 is 0 Å². The first-order valence-electron chi connectivity index (χ1n) is 2.94. The number of hydrogen-bond donors (Lipinski definition) is 0. The van der Waals surface area contributed by atoms with E-state index in [-0.39, 0.29) is 0 Å². The van der Waals surface area contributed by atoms with Crippen LogP contribution in [0.4, 0.5) is 0 Å². The van der Waals surface area contributed by atoms with E-state index in [0.717, 1.165) is 5.54 Å². The zero-order valence-electron chi connectivity index (χ0n) is 6.08. The van der Waals surface area contributed by atoms with Gasteiger partial charge in [-0.2, -0.15) is 0 Å². The average Bonchev–Trinajstić information content (AvgIpc) is 1.31. The second-order valence-corrected chi connectivity index (χ2v) is 17.1. The quantitative estimate of drug-likeness (QED) is 0.467. The molecule has 0 N–H and O–H groups in total. The van der Waals surface area contributed by atoms with Crippen molar-refractivity contribution in [3.63, 3.8) is 0 Å². The molecule has 0 saturated carbocycles. The van der Waals surface area contributed by atoms with E-state index in [4.69, 9.17) is 0 Å². The molecule has 0 atom stereocenters. The Morgan fingerprint density at radius 1 is 1.29 bits per heavy atom. The third-order valence-corrected chi connectivity index (χ3v) is 8.66. The zero-order chi connectivity index (χ0) is 6.08. The Morgan fingerprint density at radius 3 is 1.43 bits per heavy atom. The van der Waals surface area contributed by atoms with Crippen LogP contribution < -0.4 is 0 Å². The molecule has 0 heterocycles. The van der Waals surface area contributed by atoms with Gasteiger partial charge in [-0.05, 0) is 0 Å². The van der Waals surface area contributed by atoms with Crippen molar-refractivity contribution >= 4 is 31.7 Å². The summed E-state index contributed by atoms with van der Waals surface area (Å²) < 4.78 is -0.596. The average molecular weight is 124 g/mol. The summed E-state index contributed by atoms with van der Waals surface area (Å²) in [7, 11) is 0. The molecule has 0 unspecified atom stereocenters. The molecule has 7 heavy (non-hydrogen) atoms. The van der Waals surface area contributed by atoms with Gasteiger partial charge in [-0.25, -0.2) is 0 Å². The van der Waals surface area contributed by atoms with Gasteiger partial charge in [0.05, 0.1) is 0 Å². The summed E-state index contributed by atoms with van der Waals surface area (Å²) in [5, 5.41) is 0. The standard InChI is InChI=1S/C5H13Si.Na/c1-5(2)6(3)4;/h5H,1-4H3;. The van der Waals surface area contributed by atoms with Crippen LogP contribution in [0.3, 0.4) is 0 Å². The Hall–Kier alpha value is 1.22. The molecule has 2 heteroatoms. The first-order valence-corrected chi connectivity index (χ1v) is 9.52. The van der Waals surface area contributed by atoms with E-state index in [9.17, 15) is 0 Å². The van der Waals surface area contributed by atoms with Crippen molar-refractivity contribution in [1.82, 2.24) is 0 Å². The summed E-state index contributed by atoms with van der Waals surface area (Å²) in [4.78, 5) is 0. The summed E-state index contributed by atoms with van der Waals surface area (Å²) in [5.74, 6) is 0. The SMILES string of the molecule is CC(C)[Si](C)(C)[Na]. The van der Waals surface area contributed by atoms with E-state index in [1.54, 1.807) is 0 Å². The van der Waals surface area contributed by atoms with Gasteiger partial charge in [0.2, 0.25) is 0 Å². The Balaban J connectivity index is 3.54. The molecule has 0 aliphatic heterocycles. The normalized spacial score (nSPS) is 13.0.